The van der Waals surface area contributed by atoms with Gasteiger partial charge < -0.3 is 0 Å². The molecule has 0 atom stereocenters. The third-order valence-electron chi connectivity index (χ3n) is 2.76. The van der Waals surface area contributed by atoms with E-state index in [-0.39, 0.29) is 17.2 Å². The standard InChI is InChI=1S/C15H13NO3S/c1-11-5-4-6-12(9-11)14(17)10-20-15-8-3-2-7-13(15)16(18)19/h2-9H,10H2,1H3. The molecule has 0 unspecified atom stereocenters. The van der Waals surface area contributed by atoms with Crippen LogP contribution in [0.15, 0.2) is 53.4 Å². The number of para-hydroxylation sites is 1. The molecule has 0 amide bonds. The van der Waals surface area contributed by atoms with Crippen molar-refractivity contribution in [2.75, 3.05) is 5.75 Å². The van der Waals surface area contributed by atoms with Gasteiger partial charge in [0.05, 0.1) is 15.6 Å². The molecule has 2 rings (SSSR count). The van der Waals surface area contributed by atoms with Gasteiger partial charge in [-0.05, 0) is 19.1 Å². The Morgan fingerprint density at radius 1 is 1.20 bits per heavy atom. The Kier molecular flexibility index (Phi) is 4.53. The Morgan fingerprint density at radius 3 is 2.65 bits per heavy atom. The highest BCUT2D eigenvalue weighted by Crippen LogP contribution is 2.29. The van der Waals surface area contributed by atoms with Gasteiger partial charge in [-0.2, -0.15) is 0 Å². The molecule has 0 aromatic heterocycles. The van der Waals surface area contributed by atoms with Gasteiger partial charge in [-0.25, -0.2) is 0 Å². The summed E-state index contributed by atoms with van der Waals surface area (Å²) >= 11 is 1.19. The lowest BCUT2D eigenvalue weighted by Gasteiger charge is -2.03. The number of benzene rings is 2. The van der Waals surface area contributed by atoms with E-state index in [4.69, 9.17) is 0 Å². The third kappa shape index (κ3) is 3.45. The molecule has 0 N–H and O–H groups in total. The molecule has 0 aliphatic carbocycles. The number of Topliss-reactive ketones (excluding diaryl/α,β-unsaturated/α-hetero) is 1. The van der Waals surface area contributed by atoms with Gasteiger partial charge >= 0.3 is 0 Å². The summed E-state index contributed by atoms with van der Waals surface area (Å²) in [5.41, 5.74) is 1.69. The summed E-state index contributed by atoms with van der Waals surface area (Å²) in [6, 6.07) is 13.8. The molecule has 0 aliphatic rings. The molecule has 0 heterocycles. The van der Waals surface area contributed by atoms with Gasteiger partial charge in [0, 0.05) is 11.6 Å². The molecule has 5 heteroatoms. The Morgan fingerprint density at radius 2 is 1.95 bits per heavy atom. The normalized spacial score (nSPS) is 10.2. The second-order valence-corrected chi connectivity index (χ2v) is 5.32. The van der Waals surface area contributed by atoms with Crippen LogP contribution in [0.5, 0.6) is 0 Å². The fraction of sp³-hybridized carbons (Fsp3) is 0.133. The highest BCUT2D eigenvalue weighted by Gasteiger charge is 2.14. The predicted molar refractivity (Wildman–Crippen MR) is 79.3 cm³/mol. The van der Waals surface area contributed by atoms with Gasteiger partial charge in [0.1, 0.15) is 0 Å². The van der Waals surface area contributed by atoms with E-state index in [9.17, 15) is 14.9 Å². The first-order valence-electron chi connectivity index (χ1n) is 6.04. The van der Waals surface area contributed by atoms with Gasteiger partial charge in [0.15, 0.2) is 5.78 Å². The van der Waals surface area contributed by atoms with Crippen molar-refractivity contribution >= 4 is 23.2 Å². The Hall–Kier alpha value is -2.14. The van der Waals surface area contributed by atoms with Crippen molar-refractivity contribution < 1.29 is 9.72 Å². The van der Waals surface area contributed by atoms with Crippen LogP contribution in [0, 0.1) is 17.0 Å². The minimum atomic E-state index is -0.431. The molecule has 0 saturated heterocycles. The third-order valence-corrected chi connectivity index (χ3v) is 3.82. The number of ketones is 1. The summed E-state index contributed by atoms with van der Waals surface area (Å²) in [5, 5.41) is 10.9. The van der Waals surface area contributed by atoms with Gasteiger partial charge in [-0.1, -0.05) is 35.9 Å². The van der Waals surface area contributed by atoms with E-state index in [0.29, 0.717) is 10.5 Å². The number of nitrogens with zero attached hydrogens (tertiary/aromatic N) is 1. The molecular weight excluding hydrogens is 274 g/mol. The van der Waals surface area contributed by atoms with Crippen LogP contribution in [0.25, 0.3) is 0 Å². The number of nitro groups is 1. The van der Waals surface area contributed by atoms with E-state index >= 15 is 0 Å². The van der Waals surface area contributed by atoms with Crippen LogP contribution in [0.2, 0.25) is 0 Å². The first kappa shape index (κ1) is 14.3. The van der Waals surface area contributed by atoms with Crippen LogP contribution in [-0.4, -0.2) is 16.5 Å². The first-order chi connectivity index (χ1) is 9.58. The number of aryl methyl sites for hydroxylation is 1. The van der Waals surface area contributed by atoms with Gasteiger partial charge in [-0.3, -0.25) is 14.9 Å². The van der Waals surface area contributed by atoms with Crippen LogP contribution in [0.1, 0.15) is 15.9 Å². The van der Waals surface area contributed by atoms with Crippen molar-refractivity contribution in [1.29, 1.82) is 0 Å². The van der Waals surface area contributed by atoms with Gasteiger partial charge in [0.25, 0.3) is 5.69 Å². The minimum absolute atomic E-state index is 0.0307. The second kappa shape index (κ2) is 6.34. The van der Waals surface area contributed by atoms with E-state index in [0.717, 1.165) is 5.56 Å². The zero-order valence-electron chi connectivity index (χ0n) is 10.9. The van der Waals surface area contributed by atoms with Gasteiger partial charge in [0.2, 0.25) is 0 Å². The number of hydrogen-bond donors (Lipinski definition) is 0. The molecule has 0 aliphatic heterocycles. The number of carbonyl (C=O) groups is 1. The lowest BCUT2D eigenvalue weighted by molar-refractivity contribution is -0.387. The van der Waals surface area contributed by atoms with E-state index in [1.807, 2.05) is 25.1 Å². The highest BCUT2D eigenvalue weighted by molar-refractivity contribution is 8.00. The van der Waals surface area contributed by atoms with E-state index in [1.54, 1.807) is 24.3 Å². The smallest absolute Gasteiger partial charge is 0.282 e. The van der Waals surface area contributed by atoms with Crippen molar-refractivity contribution in [3.05, 3.63) is 69.8 Å². The van der Waals surface area contributed by atoms with Gasteiger partial charge in [-0.15, -0.1) is 11.8 Å². The van der Waals surface area contributed by atoms with Crippen molar-refractivity contribution in [2.45, 2.75) is 11.8 Å². The molecule has 2 aromatic carbocycles. The molecule has 20 heavy (non-hydrogen) atoms. The topological polar surface area (TPSA) is 60.2 Å². The van der Waals surface area contributed by atoms with E-state index in [1.165, 1.54) is 17.8 Å². The lowest BCUT2D eigenvalue weighted by Crippen LogP contribution is -2.03. The lowest BCUT2D eigenvalue weighted by atomic mass is 10.1. The largest absolute Gasteiger partial charge is 0.293 e. The number of hydrogen-bond acceptors (Lipinski definition) is 4. The maximum absolute atomic E-state index is 12.1. The summed E-state index contributed by atoms with van der Waals surface area (Å²) in [4.78, 5) is 23.0. The number of nitro benzene ring substituents is 1. The quantitative estimate of drug-likeness (QED) is 0.362. The molecule has 0 saturated carbocycles. The van der Waals surface area contributed by atoms with E-state index < -0.39 is 4.92 Å². The molecule has 0 fully saturated rings. The second-order valence-electron chi connectivity index (χ2n) is 4.31. The van der Waals surface area contributed by atoms with Crippen LogP contribution in [0.3, 0.4) is 0 Å². The van der Waals surface area contributed by atoms with Crippen LogP contribution >= 0.6 is 11.8 Å². The van der Waals surface area contributed by atoms with Crippen molar-refractivity contribution in [2.24, 2.45) is 0 Å². The van der Waals surface area contributed by atoms with E-state index in [2.05, 4.69) is 0 Å². The summed E-state index contributed by atoms with van der Waals surface area (Å²) in [5.74, 6) is 0.158. The monoisotopic (exact) mass is 287 g/mol. The molecular formula is C15H13NO3S. The Labute approximate surface area is 121 Å². The fourth-order valence-electron chi connectivity index (χ4n) is 1.78. The zero-order chi connectivity index (χ0) is 14.5. The maximum atomic E-state index is 12.1. The SMILES string of the molecule is Cc1cccc(C(=O)CSc2ccccc2[N+](=O)[O-])c1. The molecule has 0 spiro atoms. The Bertz CT molecular complexity index is 655. The van der Waals surface area contributed by atoms with Crippen LogP contribution in [0.4, 0.5) is 5.69 Å². The maximum Gasteiger partial charge on any atom is 0.282 e. The molecule has 102 valence electrons. The molecule has 0 radical (unpaired) electrons. The Balaban J connectivity index is 2.09. The predicted octanol–water partition coefficient (Wildman–Crippen LogP) is 3.88. The summed E-state index contributed by atoms with van der Waals surface area (Å²) in [7, 11) is 0. The van der Waals surface area contributed by atoms with Crippen molar-refractivity contribution in [3.63, 3.8) is 0 Å². The molecule has 4 nitrogen and oxygen atoms in total. The molecule has 2 aromatic rings. The van der Waals surface area contributed by atoms with Crippen molar-refractivity contribution in [1.82, 2.24) is 0 Å². The fourth-order valence-corrected chi connectivity index (χ4v) is 2.69. The number of carbonyl (C=O) groups excluding carboxylic acids is 1. The average molecular weight is 287 g/mol. The van der Waals surface area contributed by atoms with Crippen LogP contribution < -0.4 is 0 Å². The number of thioether (sulfide) groups is 1. The first-order valence-corrected chi connectivity index (χ1v) is 7.02. The summed E-state index contributed by atoms with van der Waals surface area (Å²) in [6.07, 6.45) is 0. The molecule has 0 bridgehead atoms. The van der Waals surface area contributed by atoms with Crippen molar-refractivity contribution in [3.8, 4) is 0 Å². The minimum Gasteiger partial charge on any atom is -0.293 e. The summed E-state index contributed by atoms with van der Waals surface area (Å²) in [6.45, 7) is 1.92. The average Bonchev–Trinajstić information content (AvgIpc) is 2.45. The zero-order valence-corrected chi connectivity index (χ0v) is 11.7. The van der Waals surface area contributed by atoms with Crippen LogP contribution in [-0.2, 0) is 0 Å². The highest BCUT2D eigenvalue weighted by atomic mass is 32.2. The number of rotatable bonds is 5. The summed E-state index contributed by atoms with van der Waals surface area (Å²) < 4.78 is 0.